The number of likely N-dealkylation sites (tertiary alicyclic amines) is 1. The van der Waals surface area contributed by atoms with E-state index >= 15 is 0 Å². The summed E-state index contributed by atoms with van der Waals surface area (Å²) >= 11 is 0. The number of hydrogen-bond donors (Lipinski definition) is 2. The molecule has 1 spiro atoms. The molecule has 124 valence electrons. The number of hydrogen-bond acceptors (Lipinski definition) is 3. The number of nitrogens with one attached hydrogen (secondary N) is 1. The smallest absolute Gasteiger partial charge is 0.274 e. The normalized spacial score (nSPS) is 24.0. The van der Waals surface area contributed by atoms with Crippen molar-refractivity contribution in [2.75, 3.05) is 6.54 Å². The van der Waals surface area contributed by atoms with Gasteiger partial charge in [0.15, 0.2) is 0 Å². The Morgan fingerprint density at radius 3 is 2.78 bits per heavy atom. The van der Waals surface area contributed by atoms with E-state index in [2.05, 4.69) is 13.8 Å². The van der Waals surface area contributed by atoms with Gasteiger partial charge in [0.25, 0.3) is 5.91 Å². The van der Waals surface area contributed by atoms with Gasteiger partial charge in [-0.2, -0.15) is 0 Å². The predicted octanol–water partition coefficient (Wildman–Crippen LogP) is 2.31. The summed E-state index contributed by atoms with van der Waals surface area (Å²) in [7, 11) is 0. The molecule has 1 fully saturated rings. The summed E-state index contributed by atoms with van der Waals surface area (Å²) in [5.74, 6) is -0.200. The second-order valence-corrected chi connectivity index (χ2v) is 7.08. The van der Waals surface area contributed by atoms with Crippen molar-refractivity contribution in [3.05, 3.63) is 34.9 Å². The van der Waals surface area contributed by atoms with Crippen LogP contribution in [-0.2, 0) is 17.6 Å². The lowest BCUT2D eigenvalue weighted by molar-refractivity contribution is -0.149. The van der Waals surface area contributed by atoms with Gasteiger partial charge in [0.2, 0.25) is 5.91 Å². The van der Waals surface area contributed by atoms with Crippen molar-refractivity contribution in [1.29, 1.82) is 0 Å². The minimum Gasteiger partial charge on any atom is -0.340 e. The number of rotatable bonds is 2. The van der Waals surface area contributed by atoms with Crippen LogP contribution in [0.5, 0.6) is 0 Å². The number of piperidine rings is 1. The molecule has 2 N–H and O–H groups in total. The highest BCUT2D eigenvalue weighted by atomic mass is 16.5. The van der Waals surface area contributed by atoms with Crippen molar-refractivity contribution in [3.63, 3.8) is 0 Å². The summed E-state index contributed by atoms with van der Waals surface area (Å²) in [6.07, 6.45) is 4.41. The van der Waals surface area contributed by atoms with Gasteiger partial charge in [0.1, 0.15) is 0 Å². The third-order valence-electron chi connectivity index (χ3n) is 5.36. The molecule has 1 aliphatic heterocycles. The van der Waals surface area contributed by atoms with Gasteiger partial charge in [-0.05, 0) is 69.2 Å². The van der Waals surface area contributed by atoms with E-state index in [1.54, 1.807) is 11.5 Å². The number of fused-ring (bicyclic) bond motifs is 1. The third kappa shape index (κ3) is 2.74. The average Bonchev–Trinajstić information content (AvgIpc) is 2.56. The van der Waals surface area contributed by atoms with Gasteiger partial charge in [-0.15, -0.1) is 0 Å². The maximum absolute atomic E-state index is 13.0. The van der Waals surface area contributed by atoms with Crippen molar-refractivity contribution >= 4 is 11.8 Å². The Hall–Kier alpha value is -1.88. The number of amides is 2. The Labute approximate surface area is 136 Å². The molecule has 2 amide bonds. The topological polar surface area (TPSA) is 69.6 Å². The van der Waals surface area contributed by atoms with E-state index in [9.17, 15) is 9.59 Å². The van der Waals surface area contributed by atoms with Crippen molar-refractivity contribution in [1.82, 2.24) is 10.4 Å². The number of hydroxylamine groups is 1. The Morgan fingerprint density at radius 1 is 1.30 bits per heavy atom. The highest BCUT2D eigenvalue weighted by Gasteiger charge is 2.46. The van der Waals surface area contributed by atoms with Gasteiger partial charge in [-0.1, -0.05) is 6.07 Å². The Balaban J connectivity index is 1.87. The molecule has 0 radical (unpaired) electrons. The summed E-state index contributed by atoms with van der Waals surface area (Å²) < 4.78 is 0. The number of benzene rings is 1. The molecule has 1 aromatic carbocycles. The van der Waals surface area contributed by atoms with E-state index < -0.39 is 5.91 Å². The minimum absolute atomic E-state index is 0.247. The zero-order valence-corrected chi connectivity index (χ0v) is 13.8. The van der Waals surface area contributed by atoms with E-state index in [1.165, 1.54) is 0 Å². The van der Waals surface area contributed by atoms with Gasteiger partial charge >= 0.3 is 0 Å². The monoisotopic (exact) mass is 316 g/mol. The number of aryl methyl sites for hydroxylation is 1. The average molecular weight is 316 g/mol. The van der Waals surface area contributed by atoms with Crippen molar-refractivity contribution in [2.45, 2.75) is 52.0 Å². The van der Waals surface area contributed by atoms with E-state index in [0.717, 1.165) is 49.8 Å². The van der Waals surface area contributed by atoms with E-state index in [-0.39, 0.29) is 11.5 Å². The molecule has 1 atom stereocenters. The lowest BCUT2D eigenvalue weighted by Gasteiger charge is -2.46. The summed E-state index contributed by atoms with van der Waals surface area (Å²) in [5, 5.41) is 8.76. The van der Waals surface area contributed by atoms with Gasteiger partial charge in [0.05, 0.1) is 5.41 Å². The van der Waals surface area contributed by atoms with E-state index in [0.29, 0.717) is 11.5 Å². The molecule has 0 aromatic heterocycles. The molecule has 1 aliphatic carbocycles. The van der Waals surface area contributed by atoms with Gasteiger partial charge in [0, 0.05) is 18.2 Å². The van der Waals surface area contributed by atoms with Crippen LogP contribution in [-0.4, -0.2) is 34.5 Å². The molecule has 0 unspecified atom stereocenters. The summed E-state index contributed by atoms with van der Waals surface area (Å²) in [4.78, 5) is 26.6. The first-order valence-corrected chi connectivity index (χ1v) is 8.34. The molecule has 23 heavy (non-hydrogen) atoms. The number of carbonyl (C=O) groups excluding carboxylic acids is 2. The standard InChI is InChI=1S/C18H24N2O3/c1-12(2)20-9-3-7-18(17(20)22)8-6-13-10-14(16(21)19-23)4-5-15(13)11-18/h4-5,10,12,23H,3,6-9,11H2,1-2H3,(H,19,21)/t18-/m1/s1. The molecule has 2 aliphatic rings. The summed E-state index contributed by atoms with van der Waals surface area (Å²) in [6, 6.07) is 5.73. The molecular formula is C18H24N2O3. The van der Waals surface area contributed by atoms with Crippen LogP contribution in [0.25, 0.3) is 0 Å². The Kier molecular flexibility index (Phi) is 4.15. The molecule has 0 saturated carbocycles. The van der Waals surface area contributed by atoms with Crippen LogP contribution in [0, 0.1) is 5.41 Å². The second kappa shape index (κ2) is 5.96. The number of carbonyl (C=O) groups is 2. The zero-order chi connectivity index (χ0) is 16.6. The van der Waals surface area contributed by atoms with Crippen LogP contribution in [0.15, 0.2) is 18.2 Å². The van der Waals surface area contributed by atoms with Crippen molar-refractivity contribution in [3.8, 4) is 0 Å². The van der Waals surface area contributed by atoms with E-state index in [4.69, 9.17) is 5.21 Å². The molecule has 1 aromatic rings. The zero-order valence-electron chi connectivity index (χ0n) is 13.8. The van der Waals surface area contributed by atoms with Crippen LogP contribution in [0.2, 0.25) is 0 Å². The highest BCUT2D eigenvalue weighted by Crippen LogP contribution is 2.43. The van der Waals surface area contributed by atoms with E-state index in [1.807, 2.05) is 17.0 Å². The number of nitrogens with zero attached hydrogens (tertiary/aromatic N) is 1. The predicted molar refractivity (Wildman–Crippen MR) is 86.2 cm³/mol. The van der Waals surface area contributed by atoms with Crippen molar-refractivity contribution in [2.24, 2.45) is 5.41 Å². The Morgan fingerprint density at radius 2 is 2.09 bits per heavy atom. The fraction of sp³-hybridized carbons (Fsp3) is 0.556. The first-order valence-electron chi connectivity index (χ1n) is 8.34. The van der Waals surface area contributed by atoms with Crippen LogP contribution in [0.3, 0.4) is 0 Å². The molecule has 1 saturated heterocycles. The van der Waals surface area contributed by atoms with Crippen molar-refractivity contribution < 1.29 is 14.8 Å². The van der Waals surface area contributed by atoms with Crippen LogP contribution < -0.4 is 5.48 Å². The molecule has 5 nitrogen and oxygen atoms in total. The molecule has 0 bridgehead atoms. The van der Waals surface area contributed by atoms with Gasteiger partial charge in [-0.25, -0.2) is 5.48 Å². The summed E-state index contributed by atoms with van der Waals surface area (Å²) in [5.41, 5.74) is 4.14. The first-order chi connectivity index (χ1) is 11.0. The molecule has 3 rings (SSSR count). The summed E-state index contributed by atoms with van der Waals surface area (Å²) in [6.45, 7) is 5.02. The molecule has 1 heterocycles. The fourth-order valence-electron chi connectivity index (χ4n) is 4.05. The Bertz CT molecular complexity index is 641. The molecule has 5 heteroatoms. The fourth-order valence-corrected chi connectivity index (χ4v) is 4.05. The van der Waals surface area contributed by atoms with Crippen LogP contribution >= 0.6 is 0 Å². The maximum Gasteiger partial charge on any atom is 0.274 e. The quantitative estimate of drug-likeness (QED) is 0.650. The maximum atomic E-state index is 13.0. The highest BCUT2D eigenvalue weighted by molar-refractivity contribution is 5.93. The minimum atomic E-state index is -0.493. The second-order valence-electron chi connectivity index (χ2n) is 7.08. The lowest BCUT2D eigenvalue weighted by atomic mass is 9.66. The van der Waals surface area contributed by atoms with Crippen LogP contribution in [0.4, 0.5) is 0 Å². The van der Waals surface area contributed by atoms with Crippen LogP contribution in [0.1, 0.15) is 54.6 Å². The molecular weight excluding hydrogens is 292 g/mol. The lowest BCUT2D eigenvalue weighted by Crippen LogP contribution is -2.53. The SMILES string of the molecule is CC(C)N1CCC[C@]2(CCc3cc(C(=O)NO)ccc3C2)C1=O. The van der Waals surface area contributed by atoms with Gasteiger partial charge < -0.3 is 4.90 Å². The largest absolute Gasteiger partial charge is 0.340 e. The van der Waals surface area contributed by atoms with Gasteiger partial charge in [-0.3, -0.25) is 14.8 Å². The third-order valence-corrected chi connectivity index (χ3v) is 5.36. The first kappa shape index (κ1) is 16.0.